The van der Waals surface area contributed by atoms with Gasteiger partial charge in [-0.1, -0.05) is 48.5 Å². The molecule has 0 N–H and O–H groups in total. The molecule has 94 valence electrons. The second-order valence-electron chi connectivity index (χ2n) is 7.08. The first-order valence-electron chi connectivity index (χ1n) is 5.87. The third-order valence-corrected chi connectivity index (χ3v) is 3.13. The Labute approximate surface area is 99.8 Å². The Morgan fingerprint density at radius 3 is 1.44 bits per heavy atom. The number of hydrogen-bond acceptors (Lipinski definition) is 2. The fourth-order valence-corrected chi connectivity index (χ4v) is 2.32. The molecule has 0 rings (SSSR count). The standard InChI is InChI=1S/C14H26O2/c1-10(15)13(5,6)9-14(7,8)11(16)12(2,3)4/h9H2,1-8H3. The highest BCUT2D eigenvalue weighted by Crippen LogP contribution is 2.39. The minimum absolute atomic E-state index is 0.141. The van der Waals surface area contributed by atoms with Crippen LogP contribution in [0.1, 0.15) is 61.8 Å². The van der Waals surface area contributed by atoms with Crippen molar-refractivity contribution in [1.29, 1.82) is 0 Å². The SMILES string of the molecule is CC(=O)C(C)(C)CC(C)(C)C(=O)C(C)(C)C. The maximum absolute atomic E-state index is 12.3. The molecule has 0 aliphatic rings. The molecule has 0 unspecified atom stereocenters. The minimum Gasteiger partial charge on any atom is -0.299 e. The Bertz CT molecular complexity index is 290. The van der Waals surface area contributed by atoms with E-state index >= 15 is 0 Å². The van der Waals surface area contributed by atoms with Gasteiger partial charge in [0, 0.05) is 16.2 Å². The van der Waals surface area contributed by atoms with Crippen molar-refractivity contribution < 1.29 is 9.59 Å². The van der Waals surface area contributed by atoms with Crippen LogP contribution in [0, 0.1) is 16.2 Å². The molecule has 0 aliphatic carbocycles. The number of ketones is 2. The molecule has 0 saturated heterocycles. The molecule has 0 radical (unpaired) electrons. The zero-order chi connectivity index (χ0) is 13.4. The van der Waals surface area contributed by atoms with Crippen molar-refractivity contribution in [2.45, 2.75) is 61.8 Å². The van der Waals surface area contributed by atoms with Gasteiger partial charge in [-0.05, 0) is 13.3 Å². The Morgan fingerprint density at radius 2 is 1.19 bits per heavy atom. The van der Waals surface area contributed by atoms with Crippen LogP contribution in [-0.4, -0.2) is 11.6 Å². The molecule has 16 heavy (non-hydrogen) atoms. The van der Waals surface area contributed by atoms with E-state index in [2.05, 4.69) is 0 Å². The first kappa shape index (κ1) is 15.3. The lowest BCUT2D eigenvalue weighted by molar-refractivity contribution is -0.138. The van der Waals surface area contributed by atoms with Crippen molar-refractivity contribution in [2.75, 3.05) is 0 Å². The first-order valence-corrected chi connectivity index (χ1v) is 5.87. The molecule has 0 aromatic carbocycles. The predicted octanol–water partition coefficient (Wildman–Crippen LogP) is 3.63. The third kappa shape index (κ3) is 3.73. The highest BCUT2D eigenvalue weighted by atomic mass is 16.1. The van der Waals surface area contributed by atoms with Crippen LogP contribution in [0.4, 0.5) is 0 Å². The molecule has 0 atom stereocenters. The summed E-state index contributed by atoms with van der Waals surface area (Å²) < 4.78 is 0. The van der Waals surface area contributed by atoms with Gasteiger partial charge < -0.3 is 0 Å². The van der Waals surface area contributed by atoms with E-state index < -0.39 is 10.8 Å². The van der Waals surface area contributed by atoms with E-state index in [4.69, 9.17) is 0 Å². The maximum atomic E-state index is 12.3. The van der Waals surface area contributed by atoms with Crippen LogP contribution in [0.5, 0.6) is 0 Å². The van der Waals surface area contributed by atoms with Gasteiger partial charge in [0.25, 0.3) is 0 Å². The summed E-state index contributed by atoms with van der Waals surface area (Å²) in [6.07, 6.45) is 0.603. The zero-order valence-electron chi connectivity index (χ0n) is 12.0. The van der Waals surface area contributed by atoms with Crippen molar-refractivity contribution in [3.05, 3.63) is 0 Å². The predicted molar refractivity (Wildman–Crippen MR) is 67.3 cm³/mol. The van der Waals surface area contributed by atoms with Crippen molar-refractivity contribution in [2.24, 2.45) is 16.2 Å². The summed E-state index contributed by atoms with van der Waals surface area (Å²) in [5.74, 6) is 0.358. The highest BCUT2D eigenvalue weighted by Gasteiger charge is 2.41. The van der Waals surface area contributed by atoms with Crippen LogP contribution in [-0.2, 0) is 9.59 Å². The topological polar surface area (TPSA) is 34.1 Å². The van der Waals surface area contributed by atoms with Crippen LogP contribution in [0.3, 0.4) is 0 Å². The first-order chi connectivity index (χ1) is 6.81. The molecule has 0 fully saturated rings. The van der Waals surface area contributed by atoms with Gasteiger partial charge in [0.15, 0.2) is 0 Å². The largest absolute Gasteiger partial charge is 0.299 e. The van der Waals surface area contributed by atoms with Gasteiger partial charge in [-0.15, -0.1) is 0 Å². The molecule has 0 heterocycles. The fourth-order valence-electron chi connectivity index (χ4n) is 2.32. The quantitative estimate of drug-likeness (QED) is 0.733. The van der Waals surface area contributed by atoms with E-state index in [-0.39, 0.29) is 17.0 Å². The summed E-state index contributed by atoms with van der Waals surface area (Å²) in [5, 5.41) is 0. The zero-order valence-corrected chi connectivity index (χ0v) is 12.0. The summed E-state index contributed by atoms with van der Waals surface area (Å²) in [5.41, 5.74) is -1.23. The second-order valence-corrected chi connectivity index (χ2v) is 7.08. The summed E-state index contributed by atoms with van der Waals surface area (Å²) in [6, 6.07) is 0. The lowest BCUT2D eigenvalue weighted by Crippen LogP contribution is -2.39. The van der Waals surface area contributed by atoms with Crippen molar-refractivity contribution in [3.8, 4) is 0 Å². The van der Waals surface area contributed by atoms with E-state index in [1.165, 1.54) is 0 Å². The molecule has 0 spiro atoms. The Kier molecular flexibility index (Phi) is 4.13. The van der Waals surface area contributed by atoms with Crippen molar-refractivity contribution >= 4 is 11.6 Å². The van der Waals surface area contributed by atoms with Gasteiger partial charge in [0.05, 0.1) is 0 Å². The molecule has 0 saturated carbocycles. The smallest absolute Gasteiger partial charge is 0.143 e. The fraction of sp³-hybridized carbons (Fsp3) is 0.857. The second kappa shape index (κ2) is 4.31. The summed E-state index contributed by atoms with van der Waals surface area (Å²) in [7, 11) is 0. The maximum Gasteiger partial charge on any atom is 0.143 e. The molecular formula is C14H26O2. The van der Waals surface area contributed by atoms with E-state index in [0.717, 1.165) is 0 Å². The van der Waals surface area contributed by atoms with Crippen LogP contribution < -0.4 is 0 Å². The van der Waals surface area contributed by atoms with Crippen LogP contribution >= 0.6 is 0 Å². The molecule has 2 nitrogen and oxygen atoms in total. The third-order valence-electron chi connectivity index (χ3n) is 3.13. The number of carbonyl (C=O) groups is 2. The number of rotatable bonds is 4. The van der Waals surface area contributed by atoms with Gasteiger partial charge >= 0.3 is 0 Å². The van der Waals surface area contributed by atoms with Crippen molar-refractivity contribution in [3.63, 3.8) is 0 Å². The van der Waals surface area contributed by atoms with Gasteiger partial charge in [0.1, 0.15) is 11.6 Å². The van der Waals surface area contributed by atoms with Gasteiger partial charge in [-0.25, -0.2) is 0 Å². The van der Waals surface area contributed by atoms with Crippen LogP contribution in [0.2, 0.25) is 0 Å². The normalized spacial score (nSPS) is 13.8. The van der Waals surface area contributed by atoms with E-state index in [9.17, 15) is 9.59 Å². The molecule has 0 aromatic rings. The average Bonchev–Trinajstić information content (AvgIpc) is 1.98. The number of hydrogen-bond donors (Lipinski definition) is 0. The average molecular weight is 226 g/mol. The van der Waals surface area contributed by atoms with E-state index in [1.807, 2.05) is 48.5 Å². The van der Waals surface area contributed by atoms with Gasteiger partial charge in [-0.3, -0.25) is 9.59 Å². The molecule has 0 amide bonds. The summed E-state index contributed by atoms with van der Waals surface area (Å²) in [4.78, 5) is 23.8. The summed E-state index contributed by atoms with van der Waals surface area (Å²) >= 11 is 0. The minimum atomic E-state index is -0.451. The lowest BCUT2D eigenvalue weighted by Gasteiger charge is -2.36. The summed E-state index contributed by atoms with van der Waals surface area (Å²) in [6.45, 7) is 15.1. The Morgan fingerprint density at radius 1 is 0.812 bits per heavy atom. The van der Waals surface area contributed by atoms with Crippen LogP contribution in [0.25, 0.3) is 0 Å². The highest BCUT2D eigenvalue weighted by molar-refractivity contribution is 5.90. The Hall–Kier alpha value is -0.660. The van der Waals surface area contributed by atoms with E-state index in [1.54, 1.807) is 6.92 Å². The number of carbonyl (C=O) groups excluding carboxylic acids is 2. The van der Waals surface area contributed by atoms with Gasteiger partial charge in [0.2, 0.25) is 0 Å². The van der Waals surface area contributed by atoms with Crippen LogP contribution in [0.15, 0.2) is 0 Å². The molecule has 0 aliphatic heterocycles. The monoisotopic (exact) mass is 226 g/mol. The number of Topliss-reactive ketones (excluding diaryl/α,β-unsaturated/α-hetero) is 2. The van der Waals surface area contributed by atoms with Crippen molar-refractivity contribution in [1.82, 2.24) is 0 Å². The van der Waals surface area contributed by atoms with E-state index in [0.29, 0.717) is 6.42 Å². The van der Waals surface area contributed by atoms with Gasteiger partial charge in [-0.2, -0.15) is 0 Å². The Balaban J connectivity index is 4.97. The molecule has 0 bridgehead atoms. The lowest BCUT2D eigenvalue weighted by atomic mass is 9.66. The molecule has 2 heteroatoms. The molecule has 0 aromatic heterocycles. The molecular weight excluding hydrogens is 200 g/mol.